The number of hydrogen-bond donors (Lipinski definition) is 8. The molecule has 1 fully saturated rings. The molecule has 0 saturated carbocycles. The van der Waals surface area contributed by atoms with Crippen LogP contribution in [0.15, 0.2) is 0 Å². The molecular weight excluding hydrogens is 859 g/mol. The standard InChI is InChI=1S/C49H91N9O9/c1-13-15-17-18-19-21-23-36(52-46(65)39-24-22-28-58(39)41(61)25-20-16-14-2)43(62)55-42(35(8)59)47(66)54-37(29-32(3)4)44(63)53-38(30-33(5)6)45(64)56-49(9,10)48(67)50-27-26-40(60)51-34(7)31-57(11)12/h32-39,42,59H,13-31H2,1-12H3,(H,50,67)(H,51,60)(H,52,65)(H,53,63)(H,54,66)(H,55,62)(H,56,64)/t34?,35?,36?,37?,38?,39-,42?/m0/s1. The molecule has 1 rings (SSSR count). The summed E-state index contributed by atoms with van der Waals surface area (Å²) in [6.45, 7) is 19.1. The van der Waals surface area contributed by atoms with E-state index in [9.17, 15) is 43.5 Å². The fraction of sp³-hybridized carbons (Fsp3) is 0.837. The van der Waals surface area contributed by atoms with Crippen LogP contribution in [0.2, 0.25) is 0 Å². The van der Waals surface area contributed by atoms with E-state index in [2.05, 4.69) is 51.1 Å². The van der Waals surface area contributed by atoms with Crippen LogP contribution in [0.1, 0.15) is 172 Å². The van der Waals surface area contributed by atoms with Gasteiger partial charge in [0.25, 0.3) is 0 Å². The Bertz CT molecular complexity index is 1570. The summed E-state index contributed by atoms with van der Waals surface area (Å²) in [5, 5.41) is 30.2. The summed E-state index contributed by atoms with van der Waals surface area (Å²) < 4.78 is 0. The molecule has 8 amide bonds. The summed E-state index contributed by atoms with van der Waals surface area (Å²) >= 11 is 0. The van der Waals surface area contributed by atoms with Gasteiger partial charge in [0, 0.05) is 38.5 Å². The number of aliphatic hydroxyl groups excluding tert-OH is 1. The molecule has 0 aromatic heterocycles. The molecule has 1 saturated heterocycles. The number of nitrogens with one attached hydrogen (secondary N) is 7. The smallest absolute Gasteiger partial charge is 0.245 e. The third-order valence-corrected chi connectivity index (χ3v) is 11.8. The van der Waals surface area contributed by atoms with E-state index in [0.717, 1.165) is 51.4 Å². The van der Waals surface area contributed by atoms with E-state index in [-0.39, 0.29) is 61.9 Å². The van der Waals surface area contributed by atoms with Gasteiger partial charge >= 0.3 is 0 Å². The van der Waals surface area contributed by atoms with E-state index in [1.54, 1.807) is 4.90 Å². The average Bonchev–Trinajstić information content (AvgIpc) is 3.72. The summed E-state index contributed by atoms with van der Waals surface area (Å²) in [6, 6.07) is -5.64. The lowest BCUT2D eigenvalue weighted by atomic mass is 9.98. The predicted octanol–water partition coefficient (Wildman–Crippen LogP) is 3.19. The highest BCUT2D eigenvalue weighted by Gasteiger charge is 2.38. The second kappa shape index (κ2) is 31.7. The van der Waals surface area contributed by atoms with Crippen LogP contribution in [0.5, 0.6) is 0 Å². The van der Waals surface area contributed by atoms with Crippen LogP contribution >= 0.6 is 0 Å². The maximum absolute atomic E-state index is 14.0. The molecule has 1 aliphatic rings. The molecule has 0 radical (unpaired) electrons. The zero-order valence-corrected chi connectivity index (χ0v) is 43.2. The number of rotatable bonds is 33. The monoisotopic (exact) mass is 950 g/mol. The van der Waals surface area contributed by atoms with Crippen molar-refractivity contribution in [3.63, 3.8) is 0 Å². The minimum atomic E-state index is -1.51. The molecule has 8 N–H and O–H groups in total. The van der Waals surface area contributed by atoms with Gasteiger partial charge < -0.3 is 52.1 Å². The predicted molar refractivity (Wildman–Crippen MR) is 261 cm³/mol. The topological polar surface area (TPSA) is 247 Å². The maximum Gasteiger partial charge on any atom is 0.245 e. The molecule has 0 spiro atoms. The molecule has 386 valence electrons. The van der Waals surface area contributed by atoms with Crippen LogP contribution in [-0.2, 0) is 38.4 Å². The van der Waals surface area contributed by atoms with Crippen molar-refractivity contribution in [1.82, 2.24) is 47.0 Å². The van der Waals surface area contributed by atoms with Gasteiger partial charge in [0.1, 0.15) is 35.7 Å². The van der Waals surface area contributed by atoms with Gasteiger partial charge in [0.05, 0.1) is 6.10 Å². The van der Waals surface area contributed by atoms with Crippen LogP contribution in [0.3, 0.4) is 0 Å². The second-order valence-electron chi connectivity index (χ2n) is 20.3. The van der Waals surface area contributed by atoms with Crippen LogP contribution in [-0.4, -0.2) is 144 Å². The lowest BCUT2D eigenvalue weighted by Crippen LogP contribution is -2.62. The van der Waals surface area contributed by atoms with E-state index < -0.39 is 77.3 Å². The largest absolute Gasteiger partial charge is 0.391 e. The van der Waals surface area contributed by atoms with Crippen molar-refractivity contribution in [2.75, 3.05) is 33.7 Å². The zero-order chi connectivity index (χ0) is 50.9. The molecule has 18 nitrogen and oxygen atoms in total. The van der Waals surface area contributed by atoms with Gasteiger partial charge in [-0.3, -0.25) is 38.4 Å². The van der Waals surface area contributed by atoms with E-state index in [1.807, 2.05) is 53.6 Å². The van der Waals surface area contributed by atoms with Gasteiger partial charge in [-0.25, -0.2) is 0 Å². The minimum absolute atomic E-state index is 0.0419. The number of carbonyl (C=O) groups is 8. The first-order valence-corrected chi connectivity index (χ1v) is 25.2. The Morgan fingerprint density at radius 2 is 1.22 bits per heavy atom. The average molecular weight is 950 g/mol. The molecular formula is C49H91N9O9. The molecule has 1 aliphatic heterocycles. The first-order valence-electron chi connectivity index (χ1n) is 25.2. The molecule has 67 heavy (non-hydrogen) atoms. The highest BCUT2D eigenvalue weighted by atomic mass is 16.3. The normalized spacial score (nSPS) is 16.7. The van der Waals surface area contributed by atoms with Gasteiger partial charge in [0.15, 0.2) is 0 Å². The Balaban J connectivity index is 3.19. The molecule has 0 aromatic rings. The summed E-state index contributed by atoms with van der Waals surface area (Å²) in [6.07, 6.45) is 8.99. The highest BCUT2D eigenvalue weighted by molar-refractivity contribution is 5.98. The highest BCUT2D eigenvalue weighted by Crippen LogP contribution is 2.21. The number of carbonyl (C=O) groups excluding carboxylic acids is 8. The fourth-order valence-corrected chi connectivity index (χ4v) is 8.17. The Kier molecular flexibility index (Phi) is 28.7. The van der Waals surface area contributed by atoms with Crippen molar-refractivity contribution in [3.05, 3.63) is 0 Å². The fourth-order valence-electron chi connectivity index (χ4n) is 8.17. The van der Waals surface area contributed by atoms with Crippen LogP contribution in [0.4, 0.5) is 0 Å². The molecule has 0 aliphatic carbocycles. The number of unbranched alkanes of at least 4 members (excludes halogenated alkanes) is 7. The van der Waals surface area contributed by atoms with Gasteiger partial charge in [-0.15, -0.1) is 0 Å². The third-order valence-electron chi connectivity index (χ3n) is 11.8. The van der Waals surface area contributed by atoms with Crippen molar-refractivity contribution in [3.8, 4) is 0 Å². The van der Waals surface area contributed by atoms with Crippen LogP contribution in [0.25, 0.3) is 0 Å². The van der Waals surface area contributed by atoms with E-state index in [0.29, 0.717) is 38.8 Å². The number of likely N-dealkylation sites (N-methyl/N-ethyl adjacent to an activating group) is 1. The third kappa shape index (κ3) is 24.0. The number of aliphatic hydroxyl groups is 1. The van der Waals surface area contributed by atoms with Crippen LogP contribution < -0.4 is 37.2 Å². The number of nitrogens with zero attached hydrogens (tertiary/aromatic N) is 2. The molecule has 7 atom stereocenters. The van der Waals surface area contributed by atoms with E-state index in [1.165, 1.54) is 20.8 Å². The molecule has 18 heteroatoms. The Labute approximate surface area is 402 Å². The lowest BCUT2D eigenvalue weighted by Gasteiger charge is -2.31. The quantitative estimate of drug-likeness (QED) is 0.0447. The van der Waals surface area contributed by atoms with Gasteiger partial charge in [-0.05, 0) is 92.2 Å². The summed E-state index contributed by atoms with van der Waals surface area (Å²) in [4.78, 5) is 112. The van der Waals surface area contributed by atoms with Crippen molar-refractivity contribution < 1.29 is 43.5 Å². The maximum atomic E-state index is 14.0. The van der Waals surface area contributed by atoms with Crippen molar-refractivity contribution in [2.45, 2.75) is 220 Å². The molecule has 6 unspecified atom stereocenters. The first-order chi connectivity index (χ1) is 31.4. The zero-order valence-electron chi connectivity index (χ0n) is 43.2. The van der Waals surface area contributed by atoms with Crippen molar-refractivity contribution >= 4 is 47.3 Å². The molecule has 0 aromatic carbocycles. The number of amides is 8. The summed E-state index contributed by atoms with van der Waals surface area (Å²) in [7, 11) is 3.81. The second-order valence-corrected chi connectivity index (χ2v) is 20.3. The Morgan fingerprint density at radius 3 is 1.81 bits per heavy atom. The van der Waals surface area contributed by atoms with Gasteiger partial charge in [-0.1, -0.05) is 92.9 Å². The summed E-state index contributed by atoms with van der Waals surface area (Å²) in [5.41, 5.74) is -1.42. The van der Waals surface area contributed by atoms with Gasteiger partial charge in [0.2, 0.25) is 47.3 Å². The first kappa shape index (κ1) is 60.7. The van der Waals surface area contributed by atoms with E-state index in [4.69, 9.17) is 0 Å². The Morgan fingerprint density at radius 1 is 0.672 bits per heavy atom. The lowest BCUT2D eigenvalue weighted by molar-refractivity contribution is -0.140. The van der Waals surface area contributed by atoms with Crippen molar-refractivity contribution in [2.24, 2.45) is 11.8 Å². The molecule has 0 bridgehead atoms. The SMILES string of the molecule is CCCCCCCCC(NC(=O)[C@@H]1CCCN1C(=O)CCCCC)C(=O)NC(C(=O)NC(CC(C)C)C(=O)NC(CC(C)C)C(=O)NC(C)(C)C(=O)NCCC(=O)NC(C)CN(C)C)C(C)O. The Hall–Kier alpha value is -4.32. The van der Waals surface area contributed by atoms with Crippen LogP contribution in [0, 0.1) is 11.8 Å². The number of hydrogen-bond acceptors (Lipinski definition) is 10. The summed E-state index contributed by atoms with van der Waals surface area (Å²) in [5.74, 6) is -4.26. The van der Waals surface area contributed by atoms with E-state index >= 15 is 0 Å². The molecule has 1 heterocycles. The minimum Gasteiger partial charge on any atom is -0.391 e. The van der Waals surface area contributed by atoms with Gasteiger partial charge in [-0.2, -0.15) is 0 Å². The van der Waals surface area contributed by atoms with Crippen molar-refractivity contribution in [1.29, 1.82) is 0 Å². The number of likely N-dealkylation sites (tertiary alicyclic amines) is 1.